The molecule has 5 N–H and O–H groups in total. The van der Waals surface area contributed by atoms with Gasteiger partial charge in [0.2, 0.25) is 5.91 Å². The molecule has 0 saturated heterocycles. The molecule has 0 aromatic heterocycles. The van der Waals surface area contributed by atoms with E-state index in [-0.39, 0.29) is 11.5 Å². The summed E-state index contributed by atoms with van der Waals surface area (Å²) in [5.74, 6) is -1.46. The first kappa shape index (κ1) is 15.7. The number of carbonyl (C=O) groups is 3. The highest BCUT2D eigenvalue weighted by atomic mass is 32.2. The lowest BCUT2D eigenvalue weighted by Crippen LogP contribution is -2.41. The van der Waals surface area contributed by atoms with E-state index in [4.69, 9.17) is 10.8 Å². The van der Waals surface area contributed by atoms with Crippen LogP contribution in [-0.4, -0.2) is 47.1 Å². The van der Waals surface area contributed by atoms with Gasteiger partial charge in [0.15, 0.2) is 0 Å². The van der Waals surface area contributed by atoms with Crippen LogP contribution in [0.4, 0.5) is 4.79 Å². The second-order valence-electron chi connectivity index (χ2n) is 3.26. The van der Waals surface area contributed by atoms with Gasteiger partial charge in [-0.25, -0.2) is 4.79 Å². The molecule has 7 nitrogen and oxygen atoms in total. The topological polar surface area (TPSA) is 122 Å². The van der Waals surface area contributed by atoms with E-state index >= 15 is 0 Å². The Hall–Kier alpha value is -1.28. The molecule has 1 atom stereocenters. The molecule has 0 aliphatic heterocycles. The minimum absolute atomic E-state index is 0.000521. The summed E-state index contributed by atoms with van der Waals surface area (Å²) in [5.41, 5.74) is 5.24. The molecular weight excluding hydrogens is 246 g/mol. The smallest absolute Gasteiger partial charge is 0.321 e. The quantitative estimate of drug-likeness (QED) is 0.485. The Bertz CT molecular complexity index is 285. The Labute approximate surface area is 104 Å². The number of amides is 3. The lowest BCUT2D eigenvalue weighted by molar-refractivity contribution is -0.138. The van der Waals surface area contributed by atoms with E-state index in [1.54, 1.807) is 0 Å². The van der Waals surface area contributed by atoms with Gasteiger partial charge in [0.25, 0.3) is 0 Å². The average molecular weight is 263 g/mol. The van der Waals surface area contributed by atoms with Crippen LogP contribution in [0, 0.1) is 0 Å². The van der Waals surface area contributed by atoms with Crippen molar-refractivity contribution >= 4 is 29.7 Å². The first-order chi connectivity index (χ1) is 7.97. The van der Waals surface area contributed by atoms with Crippen molar-refractivity contribution in [3.05, 3.63) is 0 Å². The summed E-state index contributed by atoms with van der Waals surface area (Å²) < 4.78 is 0. The van der Waals surface area contributed by atoms with Crippen molar-refractivity contribution in [3.8, 4) is 0 Å². The van der Waals surface area contributed by atoms with Gasteiger partial charge in [-0.1, -0.05) is 6.92 Å². The van der Waals surface area contributed by atoms with Crippen LogP contribution in [0.3, 0.4) is 0 Å². The van der Waals surface area contributed by atoms with Crippen molar-refractivity contribution in [2.45, 2.75) is 19.4 Å². The Balaban J connectivity index is 3.66. The summed E-state index contributed by atoms with van der Waals surface area (Å²) in [6, 6.07) is -1.54. The van der Waals surface area contributed by atoms with Crippen LogP contribution >= 0.6 is 11.8 Å². The summed E-state index contributed by atoms with van der Waals surface area (Å²) in [7, 11) is 0. The van der Waals surface area contributed by atoms with Crippen LogP contribution in [0.2, 0.25) is 0 Å². The summed E-state index contributed by atoms with van der Waals surface area (Å²) in [6.07, 6.45) is 0.782. The molecule has 0 aliphatic rings. The molecule has 0 aliphatic carbocycles. The fourth-order valence-electron chi connectivity index (χ4n) is 0.795. The second-order valence-corrected chi connectivity index (χ2v) is 4.29. The lowest BCUT2D eigenvalue weighted by Gasteiger charge is -2.07. The molecule has 0 heterocycles. The molecule has 8 heteroatoms. The van der Waals surface area contributed by atoms with Crippen LogP contribution in [-0.2, 0) is 9.59 Å². The van der Waals surface area contributed by atoms with Crippen LogP contribution < -0.4 is 16.4 Å². The number of rotatable bonds is 7. The molecule has 0 spiro atoms. The molecule has 0 saturated carbocycles. The number of urea groups is 1. The van der Waals surface area contributed by atoms with E-state index in [9.17, 15) is 14.4 Å². The Kier molecular flexibility index (Phi) is 8.16. The van der Waals surface area contributed by atoms with Crippen molar-refractivity contribution in [3.63, 3.8) is 0 Å². The van der Waals surface area contributed by atoms with E-state index in [0.717, 1.165) is 18.2 Å². The van der Waals surface area contributed by atoms with Gasteiger partial charge in [0, 0.05) is 12.3 Å². The predicted octanol–water partition coefficient (Wildman–Crippen LogP) is -0.633. The molecule has 0 fully saturated rings. The molecular formula is C9H17N3O4S. The van der Waals surface area contributed by atoms with E-state index in [0.29, 0.717) is 6.54 Å². The maximum atomic E-state index is 11.2. The van der Waals surface area contributed by atoms with Gasteiger partial charge in [0.05, 0.1) is 5.75 Å². The minimum Gasteiger partial charge on any atom is -0.480 e. The van der Waals surface area contributed by atoms with Gasteiger partial charge in [-0.2, -0.15) is 0 Å². The van der Waals surface area contributed by atoms with Crippen LogP contribution in [0.5, 0.6) is 0 Å². The molecule has 0 aromatic carbocycles. The second kappa shape index (κ2) is 8.82. The third-order valence-corrected chi connectivity index (χ3v) is 2.70. The Morgan fingerprint density at radius 1 is 1.41 bits per heavy atom. The summed E-state index contributed by atoms with van der Waals surface area (Å²) in [5, 5.41) is 13.1. The fourth-order valence-corrected chi connectivity index (χ4v) is 1.57. The number of hydrogen-bond donors (Lipinski definition) is 4. The highest BCUT2D eigenvalue weighted by Crippen LogP contribution is 2.01. The highest BCUT2D eigenvalue weighted by molar-refractivity contribution is 8.00. The zero-order chi connectivity index (χ0) is 13.3. The van der Waals surface area contributed by atoms with E-state index < -0.39 is 23.9 Å². The van der Waals surface area contributed by atoms with Crippen LogP contribution in [0.15, 0.2) is 0 Å². The summed E-state index contributed by atoms with van der Waals surface area (Å²) in [4.78, 5) is 32.6. The molecule has 0 rings (SSSR count). The number of carboxylic acid groups (broad SMARTS) is 1. The Morgan fingerprint density at radius 2 is 2.06 bits per heavy atom. The minimum atomic E-state index is -1.11. The fraction of sp³-hybridized carbons (Fsp3) is 0.667. The average Bonchev–Trinajstić information content (AvgIpc) is 2.25. The SMILES string of the molecule is CCCNC(=O)NC(=O)CSCC(N)C(=O)O. The van der Waals surface area contributed by atoms with Crippen molar-refractivity contribution in [2.75, 3.05) is 18.1 Å². The molecule has 0 aromatic rings. The number of nitrogens with two attached hydrogens (primary N) is 1. The molecule has 98 valence electrons. The number of hydrogen-bond acceptors (Lipinski definition) is 5. The number of aliphatic carboxylic acids is 1. The zero-order valence-corrected chi connectivity index (χ0v) is 10.4. The summed E-state index contributed by atoms with van der Waals surface area (Å²) >= 11 is 1.07. The Morgan fingerprint density at radius 3 is 2.59 bits per heavy atom. The van der Waals surface area contributed by atoms with Crippen molar-refractivity contribution in [1.82, 2.24) is 10.6 Å². The molecule has 0 radical (unpaired) electrons. The molecule has 0 bridgehead atoms. The van der Waals surface area contributed by atoms with Gasteiger partial charge in [-0.05, 0) is 6.42 Å². The lowest BCUT2D eigenvalue weighted by atomic mass is 10.4. The van der Waals surface area contributed by atoms with Crippen molar-refractivity contribution in [2.24, 2.45) is 5.73 Å². The monoisotopic (exact) mass is 263 g/mol. The van der Waals surface area contributed by atoms with Gasteiger partial charge in [-0.15, -0.1) is 11.8 Å². The normalized spacial score (nSPS) is 11.6. The van der Waals surface area contributed by atoms with Crippen molar-refractivity contribution < 1.29 is 19.5 Å². The molecule has 17 heavy (non-hydrogen) atoms. The highest BCUT2D eigenvalue weighted by Gasteiger charge is 2.13. The maximum Gasteiger partial charge on any atom is 0.321 e. The number of nitrogens with one attached hydrogen (secondary N) is 2. The third-order valence-electron chi connectivity index (χ3n) is 1.64. The van der Waals surface area contributed by atoms with Gasteiger partial charge < -0.3 is 16.2 Å². The van der Waals surface area contributed by atoms with E-state index in [1.165, 1.54) is 0 Å². The molecule has 3 amide bonds. The standard InChI is InChI=1S/C9H17N3O4S/c1-2-3-11-9(16)12-7(13)5-17-4-6(10)8(14)15/h6H,2-5,10H2,1H3,(H,14,15)(H2,11,12,13,16). The van der Waals surface area contributed by atoms with Gasteiger partial charge in [0.1, 0.15) is 6.04 Å². The van der Waals surface area contributed by atoms with E-state index in [1.807, 2.05) is 6.92 Å². The number of carboxylic acids is 1. The maximum absolute atomic E-state index is 11.2. The van der Waals surface area contributed by atoms with E-state index in [2.05, 4.69) is 10.6 Å². The first-order valence-electron chi connectivity index (χ1n) is 5.11. The number of imide groups is 1. The van der Waals surface area contributed by atoms with Gasteiger partial charge in [-0.3, -0.25) is 14.9 Å². The summed E-state index contributed by atoms with van der Waals surface area (Å²) in [6.45, 7) is 2.39. The van der Waals surface area contributed by atoms with Crippen molar-refractivity contribution in [1.29, 1.82) is 0 Å². The van der Waals surface area contributed by atoms with Crippen LogP contribution in [0.25, 0.3) is 0 Å². The largest absolute Gasteiger partial charge is 0.480 e. The first-order valence-corrected chi connectivity index (χ1v) is 6.26. The molecule has 1 unspecified atom stereocenters. The number of thioether (sulfide) groups is 1. The number of carbonyl (C=O) groups excluding carboxylic acids is 2. The van der Waals surface area contributed by atoms with Crippen LogP contribution in [0.1, 0.15) is 13.3 Å². The third kappa shape index (κ3) is 8.52. The van der Waals surface area contributed by atoms with Gasteiger partial charge >= 0.3 is 12.0 Å². The zero-order valence-electron chi connectivity index (χ0n) is 9.56. The predicted molar refractivity (Wildman–Crippen MR) is 64.8 cm³/mol.